The van der Waals surface area contributed by atoms with Crippen LogP contribution in [0.3, 0.4) is 0 Å². The maximum Gasteiger partial charge on any atom is 0.256 e. The van der Waals surface area contributed by atoms with Gasteiger partial charge in [0.1, 0.15) is 5.84 Å². The predicted molar refractivity (Wildman–Crippen MR) is 114 cm³/mol. The van der Waals surface area contributed by atoms with Crippen LogP contribution in [0.25, 0.3) is 11.1 Å². The molecule has 0 aromatic heterocycles. The van der Waals surface area contributed by atoms with Crippen LogP contribution in [0.1, 0.15) is 43.4 Å². The van der Waals surface area contributed by atoms with Crippen molar-refractivity contribution in [1.29, 1.82) is 0 Å². The summed E-state index contributed by atoms with van der Waals surface area (Å²) < 4.78 is 0. The van der Waals surface area contributed by atoms with Gasteiger partial charge in [-0.25, -0.2) is 4.99 Å². The van der Waals surface area contributed by atoms with Crippen LogP contribution in [0.2, 0.25) is 0 Å². The van der Waals surface area contributed by atoms with Crippen molar-refractivity contribution >= 4 is 17.4 Å². The number of nitrogens with one attached hydrogen (secondary N) is 1. The van der Waals surface area contributed by atoms with E-state index < -0.39 is 0 Å². The second kappa shape index (κ2) is 7.75. The Morgan fingerprint density at radius 3 is 2.59 bits per heavy atom. The number of carbonyl (C=O) groups excluding carboxylic acids is 1. The maximum absolute atomic E-state index is 12.5. The molecule has 2 aromatic rings. The molecule has 0 aliphatic carbocycles. The first-order chi connectivity index (χ1) is 13.0. The fourth-order valence-corrected chi connectivity index (χ4v) is 3.67. The van der Waals surface area contributed by atoms with Crippen molar-refractivity contribution in [3.8, 4) is 11.1 Å². The Bertz CT molecular complexity index is 966. The number of hydrogen-bond donors (Lipinski definition) is 1. The van der Waals surface area contributed by atoms with Crippen molar-refractivity contribution in [2.75, 3.05) is 0 Å². The fourth-order valence-electron chi connectivity index (χ4n) is 3.67. The van der Waals surface area contributed by atoms with Gasteiger partial charge in [0.15, 0.2) is 0 Å². The van der Waals surface area contributed by atoms with Gasteiger partial charge in [0.25, 0.3) is 5.91 Å². The number of fused-ring (bicyclic) bond motifs is 1. The molecule has 3 rings (SSSR count). The van der Waals surface area contributed by atoms with Crippen molar-refractivity contribution in [2.45, 2.75) is 40.0 Å². The van der Waals surface area contributed by atoms with E-state index >= 15 is 0 Å². The highest BCUT2D eigenvalue weighted by Crippen LogP contribution is 2.44. The third kappa shape index (κ3) is 3.37. The van der Waals surface area contributed by atoms with E-state index in [1.807, 2.05) is 13.0 Å². The van der Waals surface area contributed by atoms with Gasteiger partial charge in [-0.15, -0.1) is 0 Å². The Morgan fingerprint density at radius 2 is 1.96 bits per heavy atom. The molecule has 0 unspecified atom stereocenters. The van der Waals surface area contributed by atoms with Gasteiger partial charge in [-0.1, -0.05) is 69.0 Å². The first kappa shape index (κ1) is 18.8. The average Bonchev–Trinajstić information content (AvgIpc) is 2.99. The molecule has 0 radical (unpaired) electrons. The van der Waals surface area contributed by atoms with Gasteiger partial charge in [0, 0.05) is 17.1 Å². The monoisotopic (exact) mass is 358 g/mol. The van der Waals surface area contributed by atoms with Crippen LogP contribution in [0, 0.1) is 6.92 Å². The minimum Gasteiger partial charge on any atom is -0.310 e. The SMILES string of the molecule is C=C/C(=C\C)C(=O)NC1=Nc2c(-c3ccccc3C)ccc(CC)c2[C@H]1C. The molecular formula is C24H26N2O. The first-order valence-electron chi connectivity index (χ1n) is 9.42. The summed E-state index contributed by atoms with van der Waals surface area (Å²) in [4.78, 5) is 17.4. The van der Waals surface area contributed by atoms with E-state index in [4.69, 9.17) is 4.99 Å². The van der Waals surface area contributed by atoms with Crippen molar-refractivity contribution in [2.24, 2.45) is 4.99 Å². The lowest BCUT2D eigenvalue weighted by Gasteiger charge is -2.16. The zero-order valence-corrected chi connectivity index (χ0v) is 16.5. The molecule has 0 saturated carbocycles. The number of amides is 1. The molecule has 0 spiro atoms. The molecule has 2 aromatic carbocycles. The highest BCUT2D eigenvalue weighted by Gasteiger charge is 2.29. The summed E-state index contributed by atoms with van der Waals surface area (Å²) >= 11 is 0. The van der Waals surface area contributed by atoms with E-state index in [9.17, 15) is 4.79 Å². The molecule has 0 fully saturated rings. The average molecular weight is 358 g/mol. The molecular weight excluding hydrogens is 332 g/mol. The summed E-state index contributed by atoms with van der Waals surface area (Å²) in [6.07, 6.45) is 4.26. The number of benzene rings is 2. The van der Waals surface area contributed by atoms with E-state index in [2.05, 4.69) is 63.0 Å². The minimum atomic E-state index is -0.165. The van der Waals surface area contributed by atoms with E-state index in [0.29, 0.717) is 11.4 Å². The fraction of sp³-hybridized carbons (Fsp3) is 0.250. The molecule has 3 nitrogen and oxygen atoms in total. The Morgan fingerprint density at radius 1 is 1.22 bits per heavy atom. The summed E-state index contributed by atoms with van der Waals surface area (Å²) in [5.41, 5.74) is 7.54. The van der Waals surface area contributed by atoms with Gasteiger partial charge in [0.05, 0.1) is 5.69 Å². The van der Waals surface area contributed by atoms with Crippen LogP contribution in [0.15, 0.2) is 65.7 Å². The number of aryl methyl sites for hydroxylation is 2. The Kier molecular flexibility index (Phi) is 5.41. The Balaban J connectivity index is 2.10. The zero-order chi connectivity index (χ0) is 19.6. The topological polar surface area (TPSA) is 41.5 Å². The number of allylic oxidation sites excluding steroid dienone is 1. The smallest absolute Gasteiger partial charge is 0.256 e. The molecule has 1 amide bonds. The van der Waals surface area contributed by atoms with E-state index in [-0.39, 0.29) is 11.8 Å². The minimum absolute atomic E-state index is 0.0470. The van der Waals surface area contributed by atoms with E-state index in [1.165, 1.54) is 22.3 Å². The van der Waals surface area contributed by atoms with Gasteiger partial charge in [-0.3, -0.25) is 4.79 Å². The van der Waals surface area contributed by atoms with Crippen molar-refractivity contribution < 1.29 is 4.79 Å². The van der Waals surface area contributed by atoms with Crippen LogP contribution in [0.5, 0.6) is 0 Å². The Labute approximate surface area is 161 Å². The van der Waals surface area contributed by atoms with Gasteiger partial charge in [0.2, 0.25) is 0 Å². The van der Waals surface area contributed by atoms with Crippen molar-refractivity contribution in [1.82, 2.24) is 5.32 Å². The zero-order valence-electron chi connectivity index (χ0n) is 16.5. The number of rotatable bonds is 4. The normalized spacial score (nSPS) is 15.9. The third-order valence-electron chi connectivity index (χ3n) is 5.23. The third-order valence-corrected chi connectivity index (χ3v) is 5.23. The molecule has 3 heteroatoms. The molecule has 1 N–H and O–H groups in total. The summed E-state index contributed by atoms with van der Waals surface area (Å²) in [5.74, 6) is 0.583. The molecule has 1 aliphatic heterocycles. The second-order valence-corrected chi connectivity index (χ2v) is 6.82. The highest BCUT2D eigenvalue weighted by molar-refractivity contribution is 6.12. The molecule has 1 atom stereocenters. The molecule has 138 valence electrons. The van der Waals surface area contributed by atoms with E-state index in [1.54, 1.807) is 12.2 Å². The quantitative estimate of drug-likeness (QED) is 0.559. The Hall–Kier alpha value is -2.94. The number of nitrogens with zero attached hydrogens (tertiary/aromatic N) is 1. The molecule has 0 saturated heterocycles. The summed E-state index contributed by atoms with van der Waals surface area (Å²) in [7, 11) is 0. The standard InChI is InChI=1S/C24H26N2O/c1-6-17(7-2)24(27)26-23-16(5)21-18(8-3)13-14-20(22(21)25-23)19-12-10-9-11-15(19)4/h6-7,9-14,16H,1,8H2,2-5H3,(H,25,26,27)/b17-7+/t16-/m1/s1. The van der Waals surface area contributed by atoms with Crippen LogP contribution in [-0.2, 0) is 11.2 Å². The highest BCUT2D eigenvalue weighted by atomic mass is 16.1. The number of carbonyl (C=O) groups is 1. The largest absolute Gasteiger partial charge is 0.310 e. The van der Waals surface area contributed by atoms with Crippen molar-refractivity contribution in [3.05, 3.63) is 77.4 Å². The van der Waals surface area contributed by atoms with Crippen LogP contribution >= 0.6 is 0 Å². The summed E-state index contributed by atoms with van der Waals surface area (Å²) in [5, 5.41) is 2.99. The summed E-state index contributed by atoms with van der Waals surface area (Å²) in [6, 6.07) is 12.7. The lowest BCUT2D eigenvalue weighted by molar-refractivity contribution is -0.115. The number of amidine groups is 1. The van der Waals surface area contributed by atoms with Crippen LogP contribution in [0.4, 0.5) is 5.69 Å². The second-order valence-electron chi connectivity index (χ2n) is 6.82. The molecule has 1 heterocycles. The van der Waals surface area contributed by atoms with Crippen LogP contribution in [-0.4, -0.2) is 11.7 Å². The number of hydrogen-bond acceptors (Lipinski definition) is 2. The summed E-state index contributed by atoms with van der Waals surface area (Å²) in [6.45, 7) is 11.9. The first-order valence-corrected chi connectivity index (χ1v) is 9.42. The number of aliphatic imine (C=N–C) groups is 1. The lowest BCUT2D eigenvalue weighted by atomic mass is 9.89. The van der Waals surface area contributed by atoms with Gasteiger partial charge >= 0.3 is 0 Å². The molecule has 27 heavy (non-hydrogen) atoms. The molecule has 0 bridgehead atoms. The molecule has 1 aliphatic rings. The van der Waals surface area contributed by atoms with Crippen molar-refractivity contribution in [3.63, 3.8) is 0 Å². The maximum atomic E-state index is 12.5. The predicted octanol–water partition coefficient (Wildman–Crippen LogP) is 5.62. The van der Waals surface area contributed by atoms with Gasteiger partial charge in [-0.05, 0) is 42.5 Å². The van der Waals surface area contributed by atoms with E-state index in [0.717, 1.165) is 17.7 Å². The lowest BCUT2D eigenvalue weighted by Crippen LogP contribution is -2.33. The van der Waals surface area contributed by atoms with Gasteiger partial charge in [-0.2, -0.15) is 0 Å². The van der Waals surface area contributed by atoms with Gasteiger partial charge < -0.3 is 5.32 Å². The van der Waals surface area contributed by atoms with Crippen LogP contribution < -0.4 is 5.32 Å².